The molecule has 19 heavy (non-hydrogen) atoms. The van der Waals surface area contributed by atoms with Crippen LogP contribution in [0, 0.1) is 6.92 Å². The predicted octanol–water partition coefficient (Wildman–Crippen LogP) is 3.39. The standard InChI is InChI=1S/C16H23NO2/c1-12-7-9-14(10-8-12)13(2)17-11-5-3-4-6-15(17)16(18)19/h7-10,13,15H,3-6,11H2,1-2H3,(H,18,19). The van der Waals surface area contributed by atoms with Gasteiger partial charge in [-0.25, -0.2) is 0 Å². The van der Waals surface area contributed by atoms with Crippen molar-refractivity contribution >= 4 is 5.97 Å². The third kappa shape index (κ3) is 3.35. The molecule has 1 N–H and O–H groups in total. The molecule has 0 aromatic heterocycles. The largest absolute Gasteiger partial charge is 0.480 e. The molecule has 2 unspecified atom stereocenters. The summed E-state index contributed by atoms with van der Waals surface area (Å²) in [5.41, 5.74) is 2.44. The number of aliphatic carboxylic acids is 1. The molecule has 0 saturated carbocycles. The molecule has 1 aromatic carbocycles. The van der Waals surface area contributed by atoms with E-state index in [1.54, 1.807) is 0 Å². The van der Waals surface area contributed by atoms with Gasteiger partial charge in [0.2, 0.25) is 0 Å². The van der Waals surface area contributed by atoms with Gasteiger partial charge in [0.1, 0.15) is 6.04 Å². The summed E-state index contributed by atoms with van der Waals surface area (Å²) >= 11 is 0. The minimum atomic E-state index is -0.680. The first-order chi connectivity index (χ1) is 9.09. The number of nitrogens with zero attached hydrogens (tertiary/aromatic N) is 1. The highest BCUT2D eigenvalue weighted by Crippen LogP contribution is 2.28. The summed E-state index contributed by atoms with van der Waals surface area (Å²) in [6, 6.07) is 8.26. The number of benzene rings is 1. The molecule has 0 spiro atoms. The van der Waals surface area contributed by atoms with Crippen molar-refractivity contribution in [1.82, 2.24) is 4.90 Å². The fourth-order valence-corrected chi connectivity index (χ4v) is 2.90. The Morgan fingerprint density at radius 1 is 1.26 bits per heavy atom. The van der Waals surface area contributed by atoms with Crippen molar-refractivity contribution in [3.63, 3.8) is 0 Å². The van der Waals surface area contributed by atoms with Gasteiger partial charge in [-0.1, -0.05) is 42.7 Å². The molecule has 2 atom stereocenters. The lowest BCUT2D eigenvalue weighted by Crippen LogP contribution is -2.42. The molecule has 3 heteroatoms. The quantitative estimate of drug-likeness (QED) is 0.906. The molecule has 3 nitrogen and oxygen atoms in total. The molecular weight excluding hydrogens is 238 g/mol. The fourth-order valence-electron chi connectivity index (χ4n) is 2.90. The molecule has 0 amide bonds. The first-order valence-electron chi connectivity index (χ1n) is 7.14. The lowest BCUT2D eigenvalue weighted by Gasteiger charge is -2.33. The first-order valence-corrected chi connectivity index (χ1v) is 7.14. The molecule has 1 saturated heterocycles. The van der Waals surface area contributed by atoms with E-state index in [1.807, 2.05) is 0 Å². The third-order valence-electron chi connectivity index (χ3n) is 4.14. The van der Waals surface area contributed by atoms with Crippen molar-refractivity contribution < 1.29 is 9.90 Å². The van der Waals surface area contributed by atoms with E-state index in [1.165, 1.54) is 11.1 Å². The molecule has 1 aromatic rings. The Morgan fingerprint density at radius 2 is 1.95 bits per heavy atom. The second-order valence-electron chi connectivity index (χ2n) is 5.53. The van der Waals surface area contributed by atoms with Gasteiger partial charge in [0, 0.05) is 6.04 Å². The van der Waals surface area contributed by atoms with Crippen molar-refractivity contribution in [2.45, 2.75) is 51.6 Å². The Labute approximate surface area is 115 Å². The van der Waals surface area contributed by atoms with Gasteiger partial charge < -0.3 is 5.11 Å². The van der Waals surface area contributed by atoms with Crippen LogP contribution in [0.15, 0.2) is 24.3 Å². The summed E-state index contributed by atoms with van der Waals surface area (Å²) in [5, 5.41) is 9.43. The number of carboxylic acids is 1. The van der Waals surface area contributed by atoms with Crippen LogP contribution in [-0.2, 0) is 4.79 Å². The summed E-state index contributed by atoms with van der Waals surface area (Å²) in [4.78, 5) is 13.6. The summed E-state index contributed by atoms with van der Waals surface area (Å²) in [6.45, 7) is 5.07. The van der Waals surface area contributed by atoms with E-state index in [9.17, 15) is 9.90 Å². The van der Waals surface area contributed by atoms with E-state index in [0.717, 1.165) is 32.2 Å². The summed E-state index contributed by atoms with van der Waals surface area (Å²) < 4.78 is 0. The molecule has 1 aliphatic rings. The molecule has 1 fully saturated rings. The highest BCUT2D eigenvalue weighted by Gasteiger charge is 2.30. The first kappa shape index (κ1) is 14.1. The Morgan fingerprint density at radius 3 is 2.58 bits per heavy atom. The van der Waals surface area contributed by atoms with Gasteiger partial charge in [-0.15, -0.1) is 0 Å². The molecule has 2 rings (SSSR count). The van der Waals surface area contributed by atoms with Crippen molar-refractivity contribution in [1.29, 1.82) is 0 Å². The zero-order valence-electron chi connectivity index (χ0n) is 11.8. The van der Waals surface area contributed by atoms with Gasteiger partial charge >= 0.3 is 5.97 Å². The second-order valence-corrected chi connectivity index (χ2v) is 5.53. The highest BCUT2D eigenvalue weighted by atomic mass is 16.4. The van der Waals surface area contributed by atoms with Crippen LogP contribution in [0.2, 0.25) is 0 Å². The van der Waals surface area contributed by atoms with Gasteiger partial charge in [0.15, 0.2) is 0 Å². The predicted molar refractivity (Wildman–Crippen MR) is 76.2 cm³/mol. The van der Waals surface area contributed by atoms with Crippen LogP contribution in [0.1, 0.15) is 49.8 Å². The monoisotopic (exact) mass is 261 g/mol. The maximum Gasteiger partial charge on any atom is 0.320 e. The van der Waals surface area contributed by atoms with Crippen molar-refractivity contribution in [3.8, 4) is 0 Å². The van der Waals surface area contributed by atoms with Crippen LogP contribution < -0.4 is 0 Å². The average Bonchev–Trinajstić information content (AvgIpc) is 2.64. The Balaban J connectivity index is 2.20. The SMILES string of the molecule is Cc1ccc(C(C)N2CCCCCC2C(=O)O)cc1. The lowest BCUT2D eigenvalue weighted by molar-refractivity contribution is -0.144. The lowest BCUT2D eigenvalue weighted by atomic mass is 10.0. The van der Waals surface area contributed by atoms with E-state index in [0.29, 0.717) is 0 Å². The smallest absolute Gasteiger partial charge is 0.320 e. The van der Waals surface area contributed by atoms with Crippen molar-refractivity contribution in [2.75, 3.05) is 6.54 Å². The Hall–Kier alpha value is -1.35. The van der Waals surface area contributed by atoms with Gasteiger partial charge in [0.05, 0.1) is 0 Å². The maximum atomic E-state index is 11.5. The number of hydrogen-bond acceptors (Lipinski definition) is 2. The highest BCUT2D eigenvalue weighted by molar-refractivity contribution is 5.73. The second kappa shape index (κ2) is 6.20. The fraction of sp³-hybridized carbons (Fsp3) is 0.562. The van der Waals surface area contributed by atoms with Crippen LogP contribution in [0.4, 0.5) is 0 Å². The number of hydrogen-bond donors (Lipinski definition) is 1. The van der Waals surface area contributed by atoms with Crippen LogP contribution in [0.5, 0.6) is 0 Å². The van der Waals surface area contributed by atoms with Gasteiger partial charge in [-0.3, -0.25) is 9.69 Å². The van der Waals surface area contributed by atoms with Gasteiger partial charge in [-0.05, 0) is 38.8 Å². The molecule has 1 aliphatic heterocycles. The van der Waals surface area contributed by atoms with E-state index in [2.05, 4.69) is 43.0 Å². The van der Waals surface area contributed by atoms with Crippen LogP contribution in [0.3, 0.4) is 0 Å². The molecule has 1 heterocycles. The number of rotatable bonds is 3. The topological polar surface area (TPSA) is 40.5 Å². The normalized spacial score (nSPS) is 22.7. The van der Waals surface area contributed by atoms with Crippen LogP contribution in [0.25, 0.3) is 0 Å². The van der Waals surface area contributed by atoms with Gasteiger partial charge in [-0.2, -0.15) is 0 Å². The van der Waals surface area contributed by atoms with Crippen LogP contribution in [-0.4, -0.2) is 28.6 Å². The van der Waals surface area contributed by atoms with E-state index < -0.39 is 5.97 Å². The molecule has 104 valence electrons. The Bertz CT molecular complexity index is 427. The summed E-state index contributed by atoms with van der Waals surface area (Å²) in [7, 11) is 0. The van der Waals surface area contributed by atoms with E-state index in [-0.39, 0.29) is 12.1 Å². The van der Waals surface area contributed by atoms with Crippen molar-refractivity contribution in [2.24, 2.45) is 0 Å². The molecular formula is C16H23NO2. The summed E-state index contributed by atoms with van der Waals surface area (Å²) in [6.07, 6.45) is 4.03. The van der Waals surface area contributed by atoms with Crippen LogP contribution >= 0.6 is 0 Å². The zero-order chi connectivity index (χ0) is 13.8. The number of aryl methyl sites for hydroxylation is 1. The minimum absolute atomic E-state index is 0.166. The molecule has 0 aliphatic carbocycles. The number of likely N-dealkylation sites (tertiary alicyclic amines) is 1. The molecule has 0 bridgehead atoms. The van der Waals surface area contributed by atoms with Crippen molar-refractivity contribution in [3.05, 3.63) is 35.4 Å². The van der Waals surface area contributed by atoms with Gasteiger partial charge in [0.25, 0.3) is 0 Å². The minimum Gasteiger partial charge on any atom is -0.480 e. The average molecular weight is 261 g/mol. The maximum absolute atomic E-state index is 11.5. The van der Waals surface area contributed by atoms with E-state index >= 15 is 0 Å². The van der Waals surface area contributed by atoms with E-state index in [4.69, 9.17) is 0 Å². The number of carbonyl (C=O) groups is 1. The third-order valence-corrected chi connectivity index (χ3v) is 4.14. The zero-order valence-corrected chi connectivity index (χ0v) is 11.8. The number of carboxylic acid groups (broad SMARTS) is 1. The summed E-state index contributed by atoms with van der Waals surface area (Å²) in [5.74, 6) is -0.680. The Kier molecular flexibility index (Phi) is 4.59. The molecule has 0 radical (unpaired) electrons.